The number of anilines is 1. The van der Waals surface area contributed by atoms with Crippen molar-refractivity contribution in [1.82, 2.24) is 19.8 Å². The van der Waals surface area contributed by atoms with Crippen LogP contribution in [0.5, 0.6) is 11.5 Å². The van der Waals surface area contributed by atoms with Crippen LogP contribution >= 0.6 is 0 Å². The lowest BCUT2D eigenvalue weighted by atomic mass is 9.81. The fourth-order valence-corrected chi connectivity index (χ4v) is 8.12. The molecule has 2 heterocycles. The third-order valence-corrected chi connectivity index (χ3v) is 10.8. The van der Waals surface area contributed by atoms with Crippen molar-refractivity contribution in [3.8, 4) is 11.5 Å². The lowest BCUT2D eigenvalue weighted by Crippen LogP contribution is -2.52. The monoisotopic (exact) mass is 595 g/mol. The summed E-state index contributed by atoms with van der Waals surface area (Å²) >= 11 is 0. The van der Waals surface area contributed by atoms with Gasteiger partial charge in [-0.05, 0) is 70.7 Å². The molecule has 2 aliphatic rings. The van der Waals surface area contributed by atoms with Gasteiger partial charge in [0.05, 0.1) is 30.4 Å². The zero-order valence-electron chi connectivity index (χ0n) is 25.0. The van der Waals surface area contributed by atoms with Crippen LogP contribution in [0.1, 0.15) is 39.5 Å². The highest BCUT2D eigenvalue weighted by atomic mass is 32.2. The summed E-state index contributed by atoms with van der Waals surface area (Å²) in [4.78, 5) is 27.3. The number of ether oxygens (including phenoxy) is 2. The van der Waals surface area contributed by atoms with Gasteiger partial charge in [0.15, 0.2) is 21.3 Å². The number of hydrogen-bond donors (Lipinski definition) is 1. The predicted molar refractivity (Wildman–Crippen MR) is 163 cm³/mol. The van der Waals surface area contributed by atoms with Crippen molar-refractivity contribution < 1.29 is 22.7 Å². The molecule has 3 aromatic rings. The normalized spacial score (nSPS) is 23.1. The van der Waals surface area contributed by atoms with E-state index >= 15 is 0 Å². The van der Waals surface area contributed by atoms with Crippen molar-refractivity contribution in [2.45, 2.75) is 68.6 Å². The molecule has 1 amide bonds. The largest absolute Gasteiger partial charge is 0.493 e. The van der Waals surface area contributed by atoms with E-state index in [0.717, 1.165) is 24.6 Å². The quantitative estimate of drug-likeness (QED) is 0.371. The van der Waals surface area contributed by atoms with Crippen molar-refractivity contribution in [3.05, 3.63) is 48.8 Å². The first-order valence-electron chi connectivity index (χ1n) is 14.6. The highest BCUT2D eigenvalue weighted by Gasteiger charge is 2.44. The van der Waals surface area contributed by atoms with E-state index in [-0.39, 0.29) is 29.7 Å². The van der Waals surface area contributed by atoms with E-state index in [1.807, 2.05) is 17.0 Å². The van der Waals surface area contributed by atoms with Gasteiger partial charge in [-0.15, -0.1) is 0 Å². The Kier molecular flexibility index (Phi) is 8.89. The SMILES string of the molecule is COc1cc2ncnc(N[C@H]3CCN([C@H]4CC[C@@H](N(C)C(C)C)C[C@@H]4CS(=O)(=O)c4ccccc4)C3=O)c2cc1OC. The van der Waals surface area contributed by atoms with Gasteiger partial charge in [0.1, 0.15) is 18.2 Å². The number of carbonyl (C=O) groups excluding carboxylic acids is 1. The summed E-state index contributed by atoms with van der Waals surface area (Å²) in [5, 5.41) is 4.08. The number of benzene rings is 2. The lowest BCUT2D eigenvalue weighted by Gasteiger charge is -2.44. The molecule has 0 spiro atoms. The van der Waals surface area contributed by atoms with E-state index in [1.54, 1.807) is 44.6 Å². The van der Waals surface area contributed by atoms with Crippen LogP contribution in [-0.4, -0.2) is 91.8 Å². The molecule has 1 aliphatic heterocycles. The minimum Gasteiger partial charge on any atom is -0.493 e. The number of fused-ring (bicyclic) bond motifs is 1. The zero-order valence-corrected chi connectivity index (χ0v) is 25.8. The third kappa shape index (κ3) is 6.03. The molecule has 11 heteroatoms. The van der Waals surface area contributed by atoms with Gasteiger partial charge < -0.3 is 24.6 Å². The number of rotatable bonds is 10. The maximum atomic E-state index is 13.9. The standard InChI is InChI=1S/C31H41N5O5S/c1-20(2)35(3)22-11-12-27(21(15-22)18-42(38,39)23-9-7-6-8-10-23)36-14-13-25(31(36)37)34-30-24-16-28(40-4)29(41-5)17-26(24)32-19-33-30/h6-10,16-17,19-22,25,27H,11-15,18H2,1-5H3,(H,32,33,34)/t21-,22-,25+,27+/m1/s1. The second-order valence-electron chi connectivity index (χ2n) is 11.6. The van der Waals surface area contributed by atoms with E-state index in [0.29, 0.717) is 46.7 Å². The molecule has 1 aromatic heterocycles. The molecule has 4 atom stereocenters. The molecule has 5 rings (SSSR count). The number of methoxy groups -OCH3 is 2. The average molecular weight is 596 g/mol. The second-order valence-corrected chi connectivity index (χ2v) is 13.6. The smallest absolute Gasteiger partial charge is 0.245 e. The Morgan fingerprint density at radius 3 is 2.45 bits per heavy atom. The molecule has 2 fully saturated rings. The van der Waals surface area contributed by atoms with Crippen LogP contribution in [0.2, 0.25) is 0 Å². The summed E-state index contributed by atoms with van der Waals surface area (Å²) in [5.41, 5.74) is 0.672. The van der Waals surface area contributed by atoms with E-state index in [4.69, 9.17) is 9.47 Å². The summed E-state index contributed by atoms with van der Waals surface area (Å²) in [6.07, 6.45) is 4.47. The fraction of sp³-hybridized carbons (Fsp3) is 0.516. The number of amides is 1. The van der Waals surface area contributed by atoms with Crippen LogP contribution in [0, 0.1) is 5.92 Å². The molecule has 10 nitrogen and oxygen atoms in total. The number of nitrogens with one attached hydrogen (secondary N) is 1. The molecular weight excluding hydrogens is 554 g/mol. The van der Waals surface area contributed by atoms with E-state index in [9.17, 15) is 13.2 Å². The van der Waals surface area contributed by atoms with Gasteiger partial charge in [-0.25, -0.2) is 18.4 Å². The van der Waals surface area contributed by atoms with Crippen molar-refractivity contribution in [2.75, 3.05) is 38.9 Å². The molecule has 1 saturated carbocycles. The molecule has 0 bridgehead atoms. The second kappa shape index (κ2) is 12.4. The molecular formula is C31H41N5O5S. The summed E-state index contributed by atoms with van der Waals surface area (Å²) in [5.74, 6) is 1.48. The van der Waals surface area contributed by atoms with Crippen LogP contribution in [0.4, 0.5) is 5.82 Å². The Morgan fingerprint density at radius 2 is 1.76 bits per heavy atom. The van der Waals surface area contributed by atoms with Crippen LogP contribution in [0.15, 0.2) is 53.7 Å². The predicted octanol–water partition coefficient (Wildman–Crippen LogP) is 4.01. The first-order chi connectivity index (χ1) is 20.1. The summed E-state index contributed by atoms with van der Waals surface area (Å²) in [7, 11) is 1.73. The maximum Gasteiger partial charge on any atom is 0.245 e. The lowest BCUT2D eigenvalue weighted by molar-refractivity contribution is -0.132. The Bertz CT molecular complexity index is 1520. The number of aromatic nitrogens is 2. The number of likely N-dealkylation sites (tertiary alicyclic amines) is 1. The first-order valence-corrected chi connectivity index (χ1v) is 16.2. The van der Waals surface area contributed by atoms with E-state index in [2.05, 4.69) is 41.1 Å². The summed E-state index contributed by atoms with van der Waals surface area (Å²) in [6, 6.07) is 12.2. The van der Waals surface area contributed by atoms with Crippen molar-refractivity contribution >= 4 is 32.5 Å². The fourth-order valence-electron chi connectivity index (χ4n) is 6.44. The van der Waals surface area contributed by atoms with Crippen molar-refractivity contribution in [1.29, 1.82) is 0 Å². The highest BCUT2D eigenvalue weighted by molar-refractivity contribution is 7.91. The van der Waals surface area contributed by atoms with Gasteiger partial charge in [0.25, 0.3) is 0 Å². The Morgan fingerprint density at radius 1 is 1.05 bits per heavy atom. The van der Waals surface area contributed by atoms with Gasteiger partial charge in [0.2, 0.25) is 5.91 Å². The highest BCUT2D eigenvalue weighted by Crippen LogP contribution is 2.37. The summed E-state index contributed by atoms with van der Waals surface area (Å²) in [6.45, 7) is 4.88. The maximum absolute atomic E-state index is 13.9. The number of sulfone groups is 1. The molecule has 0 unspecified atom stereocenters. The molecule has 2 aromatic carbocycles. The summed E-state index contributed by atoms with van der Waals surface area (Å²) < 4.78 is 37.9. The van der Waals surface area contributed by atoms with Crippen molar-refractivity contribution in [3.63, 3.8) is 0 Å². The Labute approximate surface area is 248 Å². The molecule has 1 aliphatic carbocycles. The first kappa shape index (κ1) is 30.0. The van der Waals surface area contributed by atoms with Crippen molar-refractivity contribution in [2.24, 2.45) is 5.92 Å². The van der Waals surface area contributed by atoms with E-state index < -0.39 is 15.9 Å². The molecule has 42 heavy (non-hydrogen) atoms. The van der Waals surface area contributed by atoms with Crippen LogP contribution < -0.4 is 14.8 Å². The van der Waals surface area contributed by atoms with Crippen LogP contribution in [0.3, 0.4) is 0 Å². The Hall–Kier alpha value is -3.44. The average Bonchev–Trinajstić information content (AvgIpc) is 3.35. The van der Waals surface area contributed by atoms with Crippen LogP contribution in [0.25, 0.3) is 10.9 Å². The topological polar surface area (TPSA) is 114 Å². The zero-order chi connectivity index (χ0) is 30.0. The van der Waals surface area contributed by atoms with Gasteiger partial charge >= 0.3 is 0 Å². The minimum atomic E-state index is -3.52. The number of nitrogens with zero attached hydrogens (tertiary/aromatic N) is 4. The third-order valence-electron chi connectivity index (χ3n) is 8.93. The van der Waals surface area contributed by atoms with Gasteiger partial charge in [-0.3, -0.25) is 4.79 Å². The van der Waals surface area contributed by atoms with Crippen LogP contribution in [-0.2, 0) is 14.6 Å². The molecule has 1 N–H and O–H groups in total. The minimum absolute atomic E-state index is 0.0180. The Balaban J connectivity index is 1.38. The molecule has 226 valence electrons. The van der Waals surface area contributed by atoms with E-state index in [1.165, 1.54) is 6.33 Å². The van der Waals surface area contributed by atoms with Gasteiger partial charge in [-0.1, -0.05) is 18.2 Å². The number of carbonyl (C=O) groups is 1. The molecule has 1 saturated heterocycles. The molecule has 0 radical (unpaired) electrons. The number of hydrogen-bond acceptors (Lipinski definition) is 9. The van der Waals surface area contributed by atoms with Gasteiger partial charge in [0, 0.05) is 36.1 Å². The van der Waals surface area contributed by atoms with Gasteiger partial charge in [-0.2, -0.15) is 0 Å².